The highest BCUT2D eigenvalue weighted by Crippen LogP contribution is 2.20. The Morgan fingerprint density at radius 3 is 2.65 bits per heavy atom. The van der Waals surface area contributed by atoms with E-state index in [1.807, 2.05) is 33.9 Å². The minimum atomic E-state index is 0.00794. The number of aromatic nitrogens is 2. The van der Waals surface area contributed by atoms with Gasteiger partial charge in [0.1, 0.15) is 6.61 Å². The molecule has 23 heavy (non-hydrogen) atoms. The van der Waals surface area contributed by atoms with Crippen molar-refractivity contribution in [3.63, 3.8) is 0 Å². The topological polar surface area (TPSA) is 48.6 Å². The van der Waals surface area contributed by atoms with Crippen molar-refractivity contribution >= 4 is 6.21 Å². The monoisotopic (exact) mass is 317 g/mol. The molecule has 126 valence electrons. The number of allylic oxidation sites excluding steroid dienone is 1. The van der Waals surface area contributed by atoms with Crippen molar-refractivity contribution in [2.75, 3.05) is 6.61 Å². The van der Waals surface area contributed by atoms with Crippen LogP contribution in [0.3, 0.4) is 0 Å². The first-order valence-electron chi connectivity index (χ1n) is 7.74. The van der Waals surface area contributed by atoms with Crippen LogP contribution in [0.25, 0.3) is 0 Å². The number of hydrogen-bond donors (Lipinski definition) is 0. The Bertz CT molecular complexity index is 623. The van der Waals surface area contributed by atoms with Crippen LogP contribution in [0, 0.1) is 24.2 Å². The molecule has 0 aliphatic heterocycles. The van der Waals surface area contributed by atoms with E-state index in [1.165, 1.54) is 0 Å². The van der Waals surface area contributed by atoms with Gasteiger partial charge >= 0.3 is 0 Å². The van der Waals surface area contributed by atoms with Gasteiger partial charge in [0.05, 0.1) is 23.6 Å². The van der Waals surface area contributed by atoms with Gasteiger partial charge in [-0.1, -0.05) is 17.0 Å². The second kappa shape index (κ2) is 8.42. The molecule has 1 aromatic rings. The first-order valence-corrected chi connectivity index (χ1v) is 7.74. The molecule has 0 spiro atoms. The molecule has 0 aromatic carbocycles. The summed E-state index contributed by atoms with van der Waals surface area (Å²) in [6.07, 6.45) is 5.32. The number of hydrogen-bond acceptors (Lipinski definition) is 4. The Labute approximate surface area is 139 Å². The second-order valence-electron chi connectivity index (χ2n) is 6.55. The van der Waals surface area contributed by atoms with E-state index in [0.717, 1.165) is 11.3 Å². The molecule has 0 atom stereocenters. The van der Waals surface area contributed by atoms with E-state index < -0.39 is 0 Å². The summed E-state index contributed by atoms with van der Waals surface area (Å²) in [6.45, 7) is 12.4. The third kappa shape index (κ3) is 7.05. The lowest BCUT2D eigenvalue weighted by atomic mass is 9.98. The van der Waals surface area contributed by atoms with Crippen molar-refractivity contribution in [3.8, 4) is 17.7 Å². The summed E-state index contributed by atoms with van der Waals surface area (Å²) in [5, 5.41) is 8.31. The van der Waals surface area contributed by atoms with E-state index in [1.54, 1.807) is 17.0 Å². The first-order chi connectivity index (χ1) is 10.7. The molecule has 0 unspecified atom stereocenters. The van der Waals surface area contributed by atoms with Gasteiger partial charge in [-0.05, 0) is 53.7 Å². The van der Waals surface area contributed by atoms with Crippen LogP contribution in [-0.4, -0.2) is 28.7 Å². The van der Waals surface area contributed by atoms with Crippen molar-refractivity contribution in [2.24, 2.45) is 17.6 Å². The zero-order valence-electron chi connectivity index (χ0n) is 15.2. The van der Waals surface area contributed by atoms with Gasteiger partial charge in [-0.15, -0.1) is 0 Å². The van der Waals surface area contributed by atoms with Crippen LogP contribution < -0.4 is 4.74 Å². The molecule has 0 radical (unpaired) electrons. The molecule has 1 heterocycles. The summed E-state index contributed by atoms with van der Waals surface area (Å²) in [5.74, 6) is 6.79. The van der Waals surface area contributed by atoms with Crippen LogP contribution >= 0.6 is 0 Å². The van der Waals surface area contributed by atoms with E-state index in [9.17, 15) is 0 Å². The minimum absolute atomic E-state index is 0.00794. The Morgan fingerprint density at radius 2 is 2.04 bits per heavy atom. The standard InChI is InChI=1S/C18H27N3O2/c1-14(2)23-17-16(15(3)20-21(17)7)13-19-22-12-10-8-9-11-18(4,5)6/h8,10,13-14H,12H2,1-7H3. The molecule has 1 rings (SSSR count). The predicted octanol–water partition coefficient (Wildman–Crippen LogP) is 3.47. The maximum absolute atomic E-state index is 5.76. The van der Waals surface area contributed by atoms with Gasteiger partial charge in [-0.3, -0.25) is 0 Å². The summed E-state index contributed by atoms with van der Waals surface area (Å²) in [7, 11) is 1.85. The molecular weight excluding hydrogens is 290 g/mol. The molecular formula is C18H27N3O2. The zero-order valence-corrected chi connectivity index (χ0v) is 15.2. The fourth-order valence-electron chi connectivity index (χ4n) is 1.71. The highest BCUT2D eigenvalue weighted by molar-refractivity contribution is 5.83. The van der Waals surface area contributed by atoms with Gasteiger partial charge in [0.15, 0.2) is 0 Å². The first kappa shape index (κ1) is 18.8. The van der Waals surface area contributed by atoms with Gasteiger partial charge in [-0.2, -0.15) is 5.10 Å². The van der Waals surface area contributed by atoms with Gasteiger partial charge < -0.3 is 9.57 Å². The smallest absolute Gasteiger partial charge is 0.221 e. The van der Waals surface area contributed by atoms with E-state index >= 15 is 0 Å². The van der Waals surface area contributed by atoms with Crippen LogP contribution in [0.15, 0.2) is 17.3 Å². The van der Waals surface area contributed by atoms with Gasteiger partial charge in [0, 0.05) is 12.5 Å². The molecule has 1 aromatic heterocycles. The average molecular weight is 317 g/mol. The van der Waals surface area contributed by atoms with Crippen LogP contribution in [0.4, 0.5) is 0 Å². The van der Waals surface area contributed by atoms with Gasteiger partial charge in [0.25, 0.3) is 0 Å². The second-order valence-corrected chi connectivity index (χ2v) is 6.55. The summed E-state index contributed by atoms with van der Waals surface area (Å²) < 4.78 is 7.47. The third-order valence-electron chi connectivity index (χ3n) is 2.64. The zero-order chi connectivity index (χ0) is 17.5. The number of aryl methyl sites for hydroxylation is 2. The van der Waals surface area contributed by atoms with Crippen LogP contribution in [0.5, 0.6) is 5.88 Å². The van der Waals surface area contributed by atoms with E-state index in [4.69, 9.17) is 9.57 Å². The molecule has 0 fully saturated rings. The van der Waals surface area contributed by atoms with Crippen LogP contribution in [0.1, 0.15) is 45.9 Å². The lowest BCUT2D eigenvalue weighted by Gasteiger charge is -2.10. The SMILES string of the molecule is Cc1nn(C)c(OC(C)C)c1C=NOCC=CC#CC(C)(C)C. The molecule has 5 nitrogen and oxygen atoms in total. The Morgan fingerprint density at radius 1 is 1.35 bits per heavy atom. The average Bonchev–Trinajstić information content (AvgIpc) is 2.66. The van der Waals surface area contributed by atoms with Crippen molar-refractivity contribution in [3.05, 3.63) is 23.4 Å². The maximum Gasteiger partial charge on any atom is 0.221 e. The van der Waals surface area contributed by atoms with Crippen molar-refractivity contribution in [2.45, 2.75) is 47.6 Å². The molecule has 5 heteroatoms. The summed E-state index contributed by atoms with van der Waals surface area (Å²) in [4.78, 5) is 5.22. The Hall–Kier alpha value is -2.22. The van der Waals surface area contributed by atoms with Crippen molar-refractivity contribution in [1.29, 1.82) is 0 Å². The third-order valence-corrected chi connectivity index (χ3v) is 2.64. The molecule has 0 N–H and O–H groups in total. The van der Waals surface area contributed by atoms with Crippen molar-refractivity contribution < 1.29 is 9.57 Å². The molecule has 0 aliphatic carbocycles. The largest absolute Gasteiger partial charge is 0.475 e. The number of oxime groups is 1. The Kier molecular flexibility index (Phi) is 6.89. The number of rotatable bonds is 6. The minimum Gasteiger partial charge on any atom is -0.475 e. The predicted molar refractivity (Wildman–Crippen MR) is 93.6 cm³/mol. The van der Waals surface area contributed by atoms with Crippen LogP contribution in [-0.2, 0) is 11.9 Å². The molecule has 0 bridgehead atoms. The highest BCUT2D eigenvalue weighted by atomic mass is 16.6. The molecule has 0 saturated heterocycles. The fourth-order valence-corrected chi connectivity index (χ4v) is 1.71. The summed E-state index contributed by atoms with van der Waals surface area (Å²) >= 11 is 0. The lowest BCUT2D eigenvalue weighted by Crippen LogP contribution is -2.10. The van der Waals surface area contributed by atoms with E-state index in [2.05, 4.69) is 42.9 Å². The molecule has 0 amide bonds. The quantitative estimate of drug-likeness (QED) is 0.349. The number of nitrogens with zero attached hydrogens (tertiary/aromatic N) is 3. The summed E-state index contributed by atoms with van der Waals surface area (Å²) in [6, 6.07) is 0. The molecule has 0 saturated carbocycles. The van der Waals surface area contributed by atoms with Gasteiger partial charge in [-0.25, -0.2) is 4.68 Å². The normalized spacial score (nSPS) is 12.0. The molecule has 0 aliphatic rings. The van der Waals surface area contributed by atoms with E-state index in [-0.39, 0.29) is 11.5 Å². The number of ether oxygens (including phenoxy) is 1. The maximum atomic E-state index is 5.76. The lowest BCUT2D eigenvalue weighted by molar-refractivity contribution is 0.176. The summed E-state index contributed by atoms with van der Waals surface area (Å²) in [5.41, 5.74) is 1.69. The van der Waals surface area contributed by atoms with E-state index in [0.29, 0.717) is 12.5 Å². The van der Waals surface area contributed by atoms with Crippen LogP contribution in [0.2, 0.25) is 0 Å². The highest BCUT2D eigenvalue weighted by Gasteiger charge is 2.14. The van der Waals surface area contributed by atoms with Gasteiger partial charge in [0.2, 0.25) is 5.88 Å². The fraction of sp³-hybridized carbons (Fsp3) is 0.556. The Balaban J connectivity index is 2.58. The van der Waals surface area contributed by atoms with Crippen molar-refractivity contribution in [1.82, 2.24) is 9.78 Å².